The van der Waals surface area contributed by atoms with Crippen LogP contribution in [0.25, 0.3) is 0 Å². The molecule has 4 atom stereocenters. The van der Waals surface area contributed by atoms with Crippen molar-refractivity contribution in [1.29, 1.82) is 0 Å². The molecule has 0 aromatic heterocycles. The molecule has 2 heteroatoms. The Balaban J connectivity index is 3.06. The van der Waals surface area contributed by atoms with Crippen LogP contribution in [0.2, 0.25) is 0 Å². The minimum Gasteiger partial charge on any atom is -0.369 e. The Morgan fingerprint density at radius 3 is 1.16 bits per heavy atom. The first-order valence-electron chi connectivity index (χ1n) is 14.1. The second kappa shape index (κ2) is 16.4. The van der Waals surface area contributed by atoms with Crippen molar-refractivity contribution < 1.29 is 0 Å². The van der Waals surface area contributed by atoms with E-state index in [9.17, 15) is 0 Å². The summed E-state index contributed by atoms with van der Waals surface area (Å²) in [6.45, 7) is 21.2. The summed E-state index contributed by atoms with van der Waals surface area (Å²) in [5, 5.41) is 0. The predicted octanol–water partition coefficient (Wildman–Crippen LogP) is 9.33. The van der Waals surface area contributed by atoms with Gasteiger partial charge in [-0.15, -0.1) is 0 Å². The second-order valence-corrected chi connectivity index (χ2v) is 10.2. The monoisotopic (exact) mass is 444 g/mol. The summed E-state index contributed by atoms with van der Waals surface area (Å²) in [6.07, 6.45) is 13.0. The van der Waals surface area contributed by atoms with Crippen molar-refractivity contribution in [2.75, 3.05) is 22.9 Å². The van der Waals surface area contributed by atoms with Gasteiger partial charge in [0.25, 0.3) is 0 Å². The van der Waals surface area contributed by atoms with Crippen LogP contribution >= 0.6 is 0 Å². The highest BCUT2D eigenvalue weighted by Crippen LogP contribution is 2.29. The zero-order valence-electron chi connectivity index (χ0n) is 23.0. The summed E-state index contributed by atoms with van der Waals surface area (Å²) in [4.78, 5) is 5.36. The van der Waals surface area contributed by atoms with Crippen LogP contribution in [0, 0.1) is 11.8 Å². The maximum Gasteiger partial charge on any atom is 0.0370 e. The first-order valence-corrected chi connectivity index (χ1v) is 14.1. The quantitative estimate of drug-likeness (QED) is 0.222. The van der Waals surface area contributed by atoms with Crippen LogP contribution in [0.4, 0.5) is 11.4 Å². The van der Waals surface area contributed by atoms with E-state index >= 15 is 0 Å². The molecule has 32 heavy (non-hydrogen) atoms. The summed E-state index contributed by atoms with van der Waals surface area (Å²) in [5.74, 6) is 1.59. The molecule has 0 heterocycles. The van der Waals surface area contributed by atoms with E-state index in [4.69, 9.17) is 0 Å². The van der Waals surface area contributed by atoms with Crippen LogP contribution in [0.3, 0.4) is 0 Å². The van der Waals surface area contributed by atoms with E-state index in [1.807, 2.05) is 0 Å². The highest BCUT2D eigenvalue weighted by Gasteiger charge is 2.20. The van der Waals surface area contributed by atoms with Crippen molar-refractivity contribution in [3.63, 3.8) is 0 Å². The Morgan fingerprint density at radius 1 is 0.562 bits per heavy atom. The van der Waals surface area contributed by atoms with E-state index in [0.717, 1.165) is 11.8 Å². The lowest BCUT2D eigenvalue weighted by Gasteiger charge is -2.36. The topological polar surface area (TPSA) is 6.48 Å². The fraction of sp³-hybridized carbons (Fsp3) is 0.800. The zero-order chi connectivity index (χ0) is 23.9. The van der Waals surface area contributed by atoms with Gasteiger partial charge in [0.15, 0.2) is 0 Å². The summed E-state index contributed by atoms with van der Waals surface area (Å²) in [7, 11) is 0. The van der Waals surface area contributed by atoms with Crippen LogP contribution in [-0.2, 0) is 0 Å². The molecule has 0 aliphatic heterocycles. The van der Waals surface area contributed by atoms with Crippen molar-refractivity contribution in [3.05, 3.63) is 24.3 Å². The Labute approximate surface area is 202 Å². The van der Waals surface area contributed by atoms with Gasteiger partial charge in [-0.25, -0.2) is 0 Å². The standard InChI is InChI=1S/C30H56N2/c1-9-15-17-27(13-5)23-31(25(7)11-3)29-19-21-30(22-20-29)32(26(8)12-4)24-28(14-6)18-16-10-2/h19-22,25-28H,9-18,23-24H2,1-8H3. The lowest BCUT2D eigenvalue weighted by atomic mass is 9.97. The molecule has 0 amide bonds. The van der Waals surface area contributed by atoms with E-state index in [0.29, 0.717) is 12.1 Å². The van der Waals surface area contributed by atoms with Gasteiger partial charge in [-0.05, 0) is 75.6 Å². The van der Waals surface area contributed by atoms with Gasteiger partial charge in [0.2, 0.25) is 0 Å². The molecule has 186 valence electrons. The summed E-state index contributed by atoms with van der Waals surface area (Å²) in [5.41, 5.74) is 2.81. The van der Waals surface area contributed by atoms with Gasteiger partial charge in [-0.3, -0.25) is 0 Å². The third-order valence-corrected chi connectivity index (χ3v) is 7.76. The summed E-state index contributed by atoms with van der Waals surface area (Å²) < 4.78 is 0. The molecule has 0 bridgehead atoms. The van der Waals surface area contributed by atoms with Gasteiger partial charge in [-0.2, -0.15) is 0 Å². The molecule has 0 aliphatic carbocycles. The molecular formula is C30H56N2. The maximum atomic E-state index is 2.68. The van der Waals surface area contributed by atoms with E-state index < -0.39 is 0 Å². The van der Waals surface area contributed by atoms with Crippen molar-refractivity contribution >= 4 is 11.4 Å². The molecule has 0 aliphatic rings. The third-order valence-electron chi connectivity index (χ3n) is 7.76. The van der Waals surface area contributed by atoms with Gasteiger partial charge in [0, 0.05) is 36.5 Å². The van der Waals surface area contributed by atoms with E-state index in [-0.39, 0.29) is 0 Å². The van der Waals surface area contributed by atoms with Crippen molar-refractivity contribution in [2.45, 2.75) is 132 Å². The first-order chi connectivity index (χ1) is 15.4. The number of nitrogens with zero attached hydrogens (tertiary/aromatic N) is 2. The van der Waals surface area contributed by atoms with Gasteiger partial charge < -0.3 is 9.80 Å². The molecule has 0 saturated heterocycles. The van der Waals surface area contributed by atoms with Crippen LogP contribution in [0.5, 0.6) is 0 Å². The highest BCUT2D eigenvalue weighted by molar-refractivity contribution is 5.57. The fourth-order valence-electron chi connectivity index (χ4n) is 4.75. The number of rotatable bonds is 18. The van der Waals surface area contributed by atoms with Gasteiger partial charge in [-0.1, -0.05) is 80.1 Å². The smallest absolute Gasteiger partial charge is 0.0370 e. The number of benzene rings is 1. The first kappa shape index (κ1) is 28.9. The van der Waals surface area contributed by atoms with E-state index in [1.54, 1.807) is 0 Å². The number of hydrogen-bond acceptors (Lipinski definition) is 2. The summed E-state index contributed by atoms with van der Waals surface area (Å²) in [6, 6.07) is 10.8. The number of anilines is 2. The molecule has 0 spiro atoms. The van der Waals surface area contributed by atoms with Crippen LogP contribution < -0.4 is 9.80 Å². The van der Waals surface area contributed by atoms with E-state index in [2.05, 4.69) is 89.5 Å². The Morgan fingerprint density at radius 2 is 0.906 bits per heavy atom. The highest BCUT2D eigenvalue weighted by atomic mass is 15.2. The third kappa shape index (κ3) is 9.36. The molecule has 1 aromatic carbocycles. The molecule has 0 radical (unpaired) electrons. The molecule has 0 saturated carbocycles. The number of unbranched alkanes of at least 4 members (excludes halogenated alkanes) is 2. The number of hydrogen-bond donors (Lipinski definition) is 0. The minimum absolute atomic E-state index is 0.584. The Hall–Kier alpha value is -1.18. The lowest BCUT2D eigenvalue weighted by molar-refractivity contribution is 0.426. The average molecular weight is 445 g/mol. The van der Waals surface area contributed by atoms with E-state index in [1.165, 1.54) is 88.7 Å². The minimum atomic E-state index is 0.584. The normalized spacial score (nSPS) is 15.2. The molecule has 1 rings (SSSR count). The Bertz CT molecular complexity index is 516. The van der Waals surface area contributed by atoms with Gasteiger partial charge in [0.05, 0.1) is 0 Å². The van der Waals surface area contributed by atoms with Gasteiger partial charge >= 0.3 is 0 Å². The molecule has 4 unspecified atom stereocenters. The predicted molar refractivity (Wildman–Crippen MR) is 147 cm³/mol. The largest absolute Gasteiger partial charge is 0.369 e. The molecule has 0 fully saturated rings. The Kier molecular flexibility index (Phi) is 14.8. The van der Waals surface area contributed by atoms with Crippen LogP contribution in [-0.4, -0.2) is 25.2 Å². The molecule has 0 N–H and O–H groups in total. The molecule has 1 aromatic rings. The van der Waals surface area contributed by atoms with Crippen molar-refractivity contribution in [3.8, 4) is 0 Å². The van der Waals surface area contributed by atoms with Crippen molar-refractivity contribution in [2.24, 2.45) is 11.8 Å². The SMILES string of the molecule is CCCCC(CC)CN(c1ccc(N(CC(CC)CCCC)C(C)CC)cc1)C(C)CC. The average Bonchev–Trinajstić information content (AvgIpc) is 2.83. The van der Waals surface area contributed by atoms with Crippen LogP contribution in [0.15, 0.2) is 24.3 Å². The summed E-state index contributed by atoms with van der Waals surface area (Å²) >= 11 is 0. The van der Waals surface area contributed by atoms with Gasteiger partial charge in [0.1, 0.15) is 0 Å². The lowest BCUT2D eigenvalue weighted by Crippen LogP contribution is -2.38. The second-order valence-electron chi connectivity index (χ2n) is 10.2. The molecule has 2 nitrogen and oxygen atoms in total. The zero-order valence-corrected chi connectivity index (χ0v) is 23.0. The molecular weight excluding hydrogens is 388 g/mol. The fourth-order valence-corrected chi connectivity index (χ4v) is 4.75. The maximum absolute atomic E-state index is 2.68. The van der Waals surface area contributed by atoms with Crippen LogP contribution in [0.1, 0.15) is 120 Å². The van der Waals surface area contributed by atoms with Crippen molar-refractivity contribution in [1.82, 2.24) is 0 Å².